The Kier molecular flexibility index (Phi) is 9.28. The number of aliphatic hydroxyl groups is 2. The maximum absolute atomic E-state index is 12.1. The third-order valence-corrected chi connectivity index (χ3v) is 7.73. The summed E-state index contributed by atoms with van der Waals surface area (Å²) in [7, 11) is -4.44. The zero-order chi connectivity index (χ0) is 29.5. The van der Waals surface area contributed by atoms with Crippen molar-refractivity contribution in [1.82, 2.24) is 0 Å². The van der Waals surface area contributed by atoms with Crippen molar-refractivity contribution in [3.8, 4) is 23.0 Å². The van der Waals surface area contributed by atoms with Crippen LogP contribution in [0.1, 0.15) is 11.1 Å². The first-order valence-corrected chi connectivity index (χ1v) is 14.9. The first kappa shape index (κ1) is 29.4. The summed E-state index contributed by atoms with van der Waals surface area (Å²) in [5, 5.41) is 22.5. The predicted molar refractivity (Wildman–Crippen MR) is 158 cm³/mol. The second-order valence-corrected chi connectivity index (χ2v) is 11.3. The van der Waals surface area contributed by atoms with Crippen LogP contribution in [-0.2, 0) is 23.0 Å². The summed E-state index contributed by atoms with van der Waals surface area (Å²) >= 11 is 0. The quantitative estimate of drug-likeness (QED) is 0.194. The molecule has 0 aliphatic heterocycles. The van der Waals surface area contributed by atoms with Gasteiger partial charge in [-0.15, -0.1) is 0 Å². The average molecular weight is 593 g/mol. The maximum atomic E-state index is 12.1. The monoisotopic (exact) mass is 592 g/mol. The summed E-state index contributed by atoms with van der Waals surface area (Å²) in [5.41, 5.74) is 1.19. The van der Waals surface area contributed by atoms with Crippen LogP contribution >= 0.6 is 0 Å². The van der Waals surface area contributed by atoms with Gasteiger partial charge in [0.1, 0.15) is 61.6 Å². The van der Waals surface area contributed by atoms with Gasteiger partial charge in [0.15, 0.2) is 0 Å². The lowest BCUT2D eigenvalue weighted by atomic mass is 9.90. The van der Waals surface area contributed by atoms with E-state index in [-0.39, 0.29) is 44.2 Å². The van der Waals surface area contributed by atoms with Gasteiger partial charge in [-0.05, 0) is 30.7 Å². The standard InChI is InChI=1S/C32H32O9S/c33-22(18-38-24-9-3-1-4-10-24)20-40-31-27-13-7-8-14-28(27)32(30-17-26(42(35,36)37)15-16-29(30)31)41-21-23(34)19-39-25-11-5-2-6-12-25/h1-15,22-23,33-34H,16-21H2,(H,35,36,37). The molecule has 0 saturated carbocycles. The molecule has 4 aromatic rings. The van der Waals surface area contributed by atoms with Crippen LogP contribution in [-0.4, -0.2) is 61.8 Å². The minimum atomic E-state index is -4.44. The third kappa shape index (κ3) is 7.21. The summed E-state index contributed by atoms with van der Waals surface area (Å²) in [6, 6.07) is 25.5. The lowest BCUT2D eigenvalue weighted by Crippen LogP contribution is -2.26. The van der Waals surface area contributed by atoms with Crippen molar-refractivity contribution < 1.29 is 42.1 Å². The molecule has 9 nitrogen and oxygen atoms in total. The first-order valence-electron chi connectivity index (χ1n) is 13.5. The molecule has 220 valence electrons. The van der Waals surface area contributed by atoms with E-state index in [0.29, 0.717) is 44.9 Å². The molecule has 0 heterocycles. The Morgan fingerprint density at radius 3 is 1.52 bits per heavy atom. The summed E-state index contributed by atoms with van der Waals surface area (Å²) in [6.07, 6.45) is -0.447. The van der Waals surface area contributed by atoms with Crippen molar-refractivity contribution in [2.24, 2.45) is 0 Å². The van der Waals surface area contributed by atoms with Gasteiger partial charge in [0.25, 0.3) is 10.1 Å². The Balaban J connectivity index is 1.39. The molecular formula is C32H32O9S. The molecule has 0 spiro atoms. The molecule has 1 aliphatic carbocycles. The molecule has 0 bridgehead atoms. The fraction of sp³-hybridized carbons (Fsp3) is 0.250. The second kappa shape index (κ2) is 13.3. The van der Waals surface area contributed by atoms with Crippen molar-refractivity contribution in [2.75, 3.05) is 26.4 Å². The zero-order valence-corrected chi connectivity index (χ0v) is 23.6. The van der Waals surface area contributed by atoms with Crippen LogP contribution < -0.4 is 18.9 Å². The number of rotatable bonds is 13. The number of hydrogen-bond acceptors (Lipinski definition) is 8. The van der Waals surface area contributed by atoms with Crippen LogP contribution in [0.4, 0.5) is 0 Å². The highest BCUT2D eigenvalue weighted by Crippen LogP contribution is 2.44. The molecule has 0 radical (unpaired) electrons. The zero-order valence-electron chi connectivity index (χ0n) is 22.8. The minimum absolute atomic E-state index is 0.00948. The van der Waals surface area contributed by atoms with E-state index in [4.69, 9.17) is 18.9 Å². The summed E-state index contributed by atoms with van der Waals surface area (Å²) < 4.78 is 57.5. The first-order chi connectivity index (χ1) is 20.3. The normalized spacial score (nSPS) is 14.4. The maximum Gasteiger partial charge on any atom is 0.290 e. The van der Waals surface area contributed by atoms with E-state index in [1.165, 1.54) is 6.08 Å². The number of ether oxygens (including phenoxy) is 4. The van der Waals surface area contributed by atoms with Crippen LogP contribution in [0.3, 0.4) is 0 Å². The Hall–Kier alpha value is -4.09. The molecule has 10 heteroatoms. The van der Waals surface area contributed by atoms with Crippen molar-refractivity contribution in [3.63, 3.8) is 0 Å². The van der Waals surface area contributed by atoms with E-state index in [9.17, 15) is 23.2 Å². The van der Waals surface area contributed by atoms with Crippen molar-refractivity contribution in [2.45, 2.75) is 25.0 Å². The van der Waals surface area contributed by atoms with Gasteiger partial charge >= 0.3 is 0 Å². The van der Waals surface area contributed by atoms with Crippen molar-refractivity contribution in [1.29, 1.82) is 0 Å². The highest BCUT2D eigenvalue weighted by Gasteiger charge is 2.29. The van der Waals surface area contributed by atoms with Gasteiger partial charge in [-0.2, -0.15) is 8.42 Å². The lowest BCUT2D eigenvalue weighted by Gasteiger charge is -2.26. The van der Waals surface area contributed by atoms with Gasteiger partial charge < -0.3 is 29.2 Å². The second-order valence-electron chi connectivity index (χ2n) is 9.87. The molecule has 1 aliphatic rings. The minimum Gasteiger partial charge on any atom is -0.491 e. The SMILES string of the molecule is O=S(=O)(O)C1=CCc2c(c(OCC(O)COc3ccccc3)c3ccccc3c2OCC(O)COc2ccccc2)C1. The average Bonchev–Trinajstić information content (AvgIpc) is 3.01. The van der Waals surface area contributed by atoms with Crippen LogP contribution in [0, 0.1) is 0 Å². The summed E-state index contributed by atoms with van der Waals surface area (Å²) in [6.45, 7) is -0.191. The van der Waals surface area contributed by atoms with Gasteiger partial charge in [0, 0.05) is 28.3 Å². The van der Waals surface area contributed by atoms with Gasteiger partial charge in [0.05, 0.1) is 4.91 Å². The fourth-order valence-corrected chi connectivity index (χ4v) is 5.36. The Morgan fingerprint density at radius 1 is 0.619 bits per heavy atom. The van der Waals surface area contributed by atoms with Crippen LogP contribution in [0.2, 0.25) is 0 Å². The van der Waals surface area contributed by atoms with E-state index in [2.05, 4.69) is 0 Å². The van der Waals surface area contributed by atoms with Gasteiger partial charge in [0.2, 0.25) is 0 Å². The number of fused-ring (bicyclic) bond motifs is 2. The van der Waals surface area contributed by atoms with Crippen LogP contribution in [0.15, 0.2) is 95.9 Å². The Labute approximate surface area is 244 Å². The highest BCUT2D eigenvalue weighted by atomic mass is 32.2. The van der Waals surface area contributed by atoms with Crippen LogP contribution in [0.25, 0.3) is 10.8 Å². The third-order valence-electron chi connectivity index (χ3n) is 6.76. The summed E-state index contributed by atoms with van der Waals surface area (Å²) in [5.74, 6) is 2.10. The van der Waals surface area contributed by atoms with Gasteiger partial charge in [-0.3, -0.25) is 4.55 Å². The molecule has 0 amide bonds. The number of hydrogen-bond donors (Lipinski definition) is 3. The molecule has 3 N–H and O–H groups in total. The molecule has 0 saturated heterocycles. The number of benzene rings is 4. The van der Waals surface area contributed by atoms with E-state index in [1.54, 1.807) is 24.3 Å². The lowest BCUT2D eigenvalue weighted by molar-refractivity contribution is 0.0616. The molecule has 0 aromatic heterocycles. The fourth-order valence-electron chi connectivity index (χ4n) is 4.74. The predicted octanol–water partition coefficient (Wildman–Crippen LogP) is 4.35. The largest absolute Gasteiger partial charge is 0.491 e. The van der Waals surface area contributed by atoms with E-state index in [1.807, 2.05) is 60.7 Å². The summed E-state index contributed by atoms with van der Waals surface area (Å²) in [4.78, 5) is -0.148. The molecular weight excluding hydrogens is 560 g/mol. The van der Waals surface area contributed by atoms with Crippen molar-refractivity contribution in [3.05, 3.63) is 107 Å². The van der Waals surface area contributed by atoms with Crippen LogP contribution in [0.5, 0.6) is 23.0 Å². The molecule has 2 atom stereocenters. The van der Waals surface area contributed by atoms with E-state index < -0.39 is 22.3 Å². The highest BCUT2D eigenvalue weighted by molar-refractivity contribution is 7.89. The molecule has 2 unspecified atom stereocenters. The van der Waals surface area contributed by atoms with Gasteiger partial charge in [-0.25, -0.2) is 0 Å². The molecule has 4 aromatic carbocycles. The van der Waals surface area contributed by atoms with E-state index >= 15 is 0 Å². The van der Waals surface area contributed by atoms with Gasteiger partial charge in [-0.1, -0.05) is 66.7 Å². The Morgan fingerprint density at radius 2 is 1.05 bits per heavy atom. The molecule has 42 heavy (non-hydrogen) atoms. The number of para-hydroxylation sites is 2. The topological polar surface area (TPSA) is 132 Å². The Bertz CT molecular complexity index is 1640. The smallest absolute Gasteiger partial charge is 0.290 e. The molecule has 5 rings (SSSR count). The molecule has 0 fully saturated rings. The van der Waals surface area contributed by atoms with E-state index in [0.717, 1.165) is 0 Å². The number of allylic oxidation sites excluding steroid dienone is 2. The van der Waals surface area contributed by atoms with Crippen molar-refractivity contribution >= 4 is 20.9 Å². The number of aliphatic hydroxyl groups excluding tert-OH is 2.